The Balaban J connectivity index is 2.07. The number of hydrogen-bond donors (Lipinski definition) is 1. The van der Waals surface area contributed by atoms with Crippen molar-refractivity contribution in [2.45, 2.75) is 13.0 Å². The van der Waals surface area contributed by atoms with Crippen molar-refractivity contribution in [3.8, 4) is 0 Å². The summed E-state index contributed by atoms with van der Waals surface area (Å²) in [5.74, 6) is 0.811. The second kappa shape index (κ2) is 4.31. The molecule has 2 aromatic carbocycles. The first kappa shape index (κ1) is 11.1. The average molecular weight is 237 g/mol. The minimum Gasteiger partial charge on any atom is -0.459 e. The Morgan fingerprint density at radius 3 is 2.50 bits per heavy atom. The van der Waals surface area contributed by atoms with Crippen molar-refractivity contribution < 1.29 is 4.42 Å². The first-order valence-electron chi connectivity index (χ1n) is 6.05. The maximum atomic E-state index is 6.24. The zero-order chi connectivity index (χ0) is 12.5. The van der Waals surface area contributed by atoms with Crippen LogP contribution in [0, 0.1) is 6.92 Å². The highest BCUT2D eigenvalue weighted by atomic mass is 16.3. The van der Waals surface area contributed by atoms with Crippen LogP contribution in [-0.2, 0) is 0 Å². The van der Waals surface area contributed by atoms with E-state index < -0.39 is 0 Å². The number of furan rings is 1. The fraction of sp³-hybridized carbons (Fsp3) is 0.125. The Kier molecular flexibility index (Phi) is 2.65. The molecule has 2 N–H and O–H groups in total. The average Bonchev–Trinajstić information content (AvgIpc) is 2.84. The van der Waals surface area contributed by atoms with Gasteiger partial charge in [0.15, 0.2) is 0 Å². The Labute approximate surface area is 106 Å². The summed E-state index contributed by atoms with van der Waals surface area (Å²) in [6.45, 7) is 2.05. The quantitative estimate of drug-likeness (QED) is 0.736. The number of para-hydroxylation sites is 1. The van der Waals surface area contributed by atoms with E-state index in [1.165, 1.54) is 0 Å². The number of hydrogen-bond acceptors (Lipinski definition) is 2. The third-order valence-corrected chi connectivity index (χ3v) is 3.23. The lowest BCUT2D eigenvalue weighted by Gasteiger charge is -2.08. The number of aryl methyl sites for hydroxylation is 1. The summed E-state index contributed by atoms with van der Waals surface area (Å²) in [6.07, 6.45) is 0. The topological polar surface area (TPSA) is 39.2 Å². The summed E-state index contributed by atoms with van der Waals surface area (Å²) in [4.78, 5) is 0. The molecule has 1 aromatic heterocycles. The monoisotopic (exact) mass is 237 g/mol. The maximum Gasteiger partial charge on any atom is 0.137 e. The molecule has 0 aliphatic rings. The largest absolute Gasteiger partial charge is 0.459 e. The SMILES string of the molecule is Cc1cccc2cc(C(N)c3ccccc3)oc12. The van der Waals surface area contributed by atoms with Gasteiger partial charge in [-0.15, -0.1) is 0 Å². The highest BCUT2D eigenvalue weighted by Gasteiger charge is 2.14. The Hall–Kier alpha value is -2.06. The lowest BCUT2D eigenvalue weighted by atomic mass is 10.1. The lowest BCUT2D eigenvalue weighted by Crippen LogP contribution is -2.10. The molecule has 0 radical (unpaired) electrons. The van der Waals surface area contributed by atoms with E-state index >= 15 is 0 Å². The van der Waals surface area contributed by atoms with E-state index in [-0.39, 0.29) is 6.04 Å². The van der Waals surface area contributed by atoms with Gasteiger partial charge in [-0.2, -0.15) is 0 Å². The van der Waals surface area contributed by atoms with Gasteiger partial charge in [-0.3, -0.25) is 0 Å². The van der Waals surface area contributed by atoms with Crippen molar-refractivity contribution in [2.75, 3.05) is 0 Å². The maximum absolute atomic E-state index is 6.24. The van der Waals surface area contributed by atoms with Gasteiger partial charge >= 0.3 is 0 Å². The van der Waals surface area contributed by atoms with Crippen LogP contribution in [0.3, 0.4) is 0 Å². The van der Waals surface area contributed by atoms with Crippen molar-refractivity contribution in [3.05, 3.63) is 71.5 Å². The predicted molar refractivity (Wildman–Crippen MR) is 73.4 cm³/mol. The molecule has 0 aliphatic carbocycles. The summed E-state index contributed by atoms with van der Waals surface area (Å²) in [5, 5.41) is 1.11. The van der Waals surface area contributed by atoms with E-state index in [2.05, 4.69) is 0 Å². The van der Waals surface area contributed by atoms with Crippen LogP contribution in [0.1, 0.15) is 22.9 Å². The van der Waals surface area contributed by atoms with E-state index in [1.54, 1.807) is 0 Å². The smallest absolute Gasteiger partial charge is 0.137 e. The predicted octanol–water partition coefficient (Wildman–Crippen LogP) is 3.79. The van der Waals surface area contributed by atoms with Gasteiger partial charge in [-0.25, -0.2) is 0 Å². The van der Waals surface area contributed by atoms with Gasteiger partial charge in [0.05, 0.1) is 6.04 Å². The first-order valence-corrected chi connectivity index (χ1v) is 6.05. The van der Waals surface area contributed by atoms with Gasteiger partial charge in [0, 0.05) is 5.39 Å². The Bertz CT molecular complexity index is 670. The summed E-state index contributed by atoms with van der Waals surface area (Å²) in [5.41, 5.74) is 9.37. The van der Waals surface area contributed by atoms with E-state index in [4.69, 9.17) is 10.2 Å². The van der Waals surface area contributed by atoms with Gasteiger partial charge in [-0.05, 0) is 24.1 Å². The molecule has 90 valence electrons. The molecule has 0 spiro atoms. The van der Waals surface area contributed by atoms with Crippen LogP contribution in [0.25, 0.3) is 11.0 Å². The second-order valence-electron chi connectivity index (χ2n) is 4.53. The fourth-order valence-electron chi connectivity index (χ4n) is 2.21. The van der Waals surface area contributed by atoms with Gasteiger partial charge < -0.3 is 10.2 Å². The number of benzene rings is 2. The zero-order valence-corrected chi connectivity index (χ0v) is 10.3. The van der Waals surface area contributed by atoms with Crippen molar-refractivity contribution >= 4 is 11.0 Å². The van der Waals surface area contributed by atoms with Crippen LogP contribution < -0.4 is 5.73 Å². The third kappa shape index (κ3) is 1.81. The van der Waals surface area contributed by atoms with Gasteiger partial charge in [0.1, 0.15) is 11.3 Å². The van der Waals surface area contributed by atoms with Crippen molar-refractivity contribution in [3.63, 3.8) is 0 Å². The molecule has 1 atom stereocenters. The van der Waals surface area contributed by atoms with Crippen LogP contribution in [0.5, 0.6) is 0 Å². The normalized spacial score (nSPS) is 12.8. The van der Waals surface area contributed by atoms with Crippen LogP contribution in [0.15, 0.2) is 59.0 Å². The molecular weight excluding hydrogens is 222 g/mol. The van der Waals surface area contributed by atoms with Crippen LogP contribution in [0.4, 0.5) is 0 Å². The van der Waals surface area contributed by atoms with Gasteiger partial charge in [0.25, 0.3) is 0 Å². The molecule has 3 aromatic rings. The summed E-state index contributed by atoms with van der Waals surface area (Å²) in [7, 11) is 0. The standard InChI is InChI=1S/C16H15NO/c1-11-6-5-9-13-10-14(18-16(11)13)15(17)12-7-3-2-4-8-12/h2-10,15H,17H2,1H3. The van der Waals surface area contributed by atoms with E-state index in [0.717, 1.165) is 27.9 Å². The number of fused-ring (bicyclic) bond motifs is 1. The van der Waals surface area contributed by atoms with E-state index in [9.17, 15) is 0 Å². The van der Waals surface area contributed by atoms with Crippen LogP contribution in [-0.4, -0.2) is 0 Å². The van der Waals surface area contributed by atoms with Crippen LogP contribution >= 0.6 is 0 Å². The zero-order valence-electron chi connectivity index (χ0n) is 10.3. The molecule has 0 saturated heterocycles. The minimum absolute atomic E-state index is 0.210. The molecular formula is C16H15NO. The van der Waals surface area contributed by atoms with Gasteiger partial charge in [0.2, 0.25) is 0 Å². The molecule has 2 nitrogen and oxygen atoms in total. The highest BCUT2D eigenvalue weighted by Crippen LogP contribution is 2.28. The number of rotatable bonds is 2. The molecule has 2 heteroatoms. The number of nitrogens with two attached hydrogens (primary N) is 1. The fourth-order valence-corrected chi connectivity index (χ4v) is 2.21. The minimum atomic E-state index is -0.210. The van der Waals surface area contributed by atoms with Crippen molar-refractivity contribution in [1.29, 1.82) is 0 Å². The molecule has 0 saturated carbocycles. The highest BCUT2D eigenvalue weighted by molar-refractivity contribution is 5.81. The molecule has 18 heavy (non-hydrogen) atoms. The van der Waals surface area contributed by atoms with E-state index in [0.29, 0.717) is 0 Å². The van der Waals surface area contributed by atoms with E-state index in [1.807, 2.05) is 61.5 Å². The molecule has 0 amide bonds. The summed E-state index contributed by atoms with van der Waals surface area (Å²) >= 11 is 0. The third-order valence-electron chi connectivity index (χ3n) is 3.23. The second-order valence-corrected chi connectivity index (χ2v) is 4.53. The van der Waals surface area contributed by atoms with Crippen molar-refractivity contribution in [2.24, 2.45) is 5.73 Å². The molecule has 0 aliphatic heterocycles. The molecule has 0 bridgehead atoms. The molecule has 0 fully saturated rings. The Morgan fingerprint density at radius 1 is 1.00 bits per heavy atom. The van der Waals surface area contributed by atoms with Gasteiger partial charge in [-0.1, -0.05) is 48.5 Å². The molecule has 3 rings (SSSR count). The molecule has 1 heterocycles. The Morgan fingerprint density at radius 2 is 1.78 bits per heavy atom. The lowest BCUT2D eigenvalue weighted by molar-refractivity contribution is 0.523. The van der Waals surface area contributed by atoms with Crippen molar-refractivity contribution in [1.82, 2.24) is 0 Å². The summed E-state index contributed by atoms with van der Waals surface area (Å²) in [6, 6.07) is 17.9. The molecule has 1 unspecified atom stereocenters. The first-order chi connectivity index (χ1) is 8.75. The summed E-state index contributed by atoms with van der Waals surface area (Å²) < 4.78 is 5.89. The van der Waals surface area contributed by atoms with Crippen LogP contribution in [0.2, 0.25) is 0 Å².